The highest BCUT2D eigenvalue weighted by molar-refractivity contribution is 5.35. The second-order valence-electron chi connectivity index (χ2n) is 3.51. The highest BCUT2D eigenvalue weighted by Gasteiger charge is 2.11. The zero-order valence-electron chi connectivity index (χ0n) is 9.49. The Balaban J connectivity index is 2.84. The molecule has 1 aromatic carbocycles. The summed E-state index contributed by atoms with van der Waals surface area (Å²) in [5.41, 5.74) is 3.94. The number of hydrogen-bond donors (Lipinski definition) is 2. The van der Waals surface area contributed by atoms with Gasteiger partial charge in [0.05, 0.1) is 6.61 Å². The number of nitrogens with two attached hydrogens (primary N) is 1. The first-order valence-corrected chi connectivity index (χ1v) is 5.51. The van der Waals surface area contributed by atoms with E-state index in [0.717, 1.165) is 30.8 Å². The molecule has 1 aromatic rings. The first kappa shape index (κ1) is 12.0. The second kappa shape index (κ2) is 6.43. The Kier molecular flexibility index (Phi) is 5.15. The molecular formula is C12H20N2O. The molecule has 0 saturated heterocycles. The number of hydrazine groups is 1. The molecular weight excluding hydrogens is 188 g/mol. The normalized spacial score (nSPS) is 12.5. The van der Waals surface area contributed by atoms with Crippen molar-refractivity contribution >= 4 is 0 Å². The van der Waals surface area contributed by atoms with Crippen molar-refractivity contribution in [2.75, 3.05) is 6.61 Å². The lowest BCUT2D eigenvalue weighted by Crippen LogP contribution is -2.27. The standard InChI is InChI=1S/C12H20N2O/c1-3-9-15-12-8-6-5-7-10(12)11(4-2)14-13/h5-8,11,14H,3-4,9,13H2,1-2H3. The van der Waals surface area contributed by atoms with Crippen LogP contribution in [0.2, 0.25) is 0 Å². The van der Waals surface area contributed by atoms with Gasteiger partial charge in [0.15, 0.2) is 0 Å². The third-order valence-corrected chi connectivity index (χ3v) is 2.37. The van der Waals surface area contributed by atoms with Crippen molar-refractivity contribution in [2.24, 2.45) is 5.84 Å². The SMILES string of the molecule is CCCOc1ccccc1C(CC)NN. The van der Waals surface area contributed by atoms with Crippen LogP contribution >= 0.6 is 0 Å². The molecule has 15 heavy (non-hydrogen) atoms. The Morgan fingerprint density at radius 1 is 1.33 bits per heavy atom. The molecule has 0 aliphatic carbocycles. The van der Waals surface area contributed by atoms with E-state index in [-0.39, 0.29) is 6.04 Å². The molecule has 0 spiro atoms. The van der Waals surface area contributed by atoms with Crippen LogP contribution in [-0.4, -0.2) is 6.61 Å². The quantitative estimate of drug-likeness (QED) is 0.557. The van der Waals surface area contributed by atoms with Gasteiger partial charge in [-0.2, -0.15) is 0 Å². The highest BCUT2D eigenvalue weighted by atomic mass is 16.5. The minimum absolute atomic E-state index is 0.165. The average molecular weight is 208 g/mol. The molecule has 0 aliphatic heterocycles. The summed E-state index contributed by atoms with van der Waals surface area (Å²) in [5, 5.41) is 0. The van der Waals surface area contributed by atoms with Gasteiger partial charge in [-0.25, -0.2) is 0 Å². The van der Waals surface area contributed by atoms with E-state index in [4.69, 9.17) is 10.6 Å². The van der Waals surface area contributed by atoms with Crippen LogP contribution in [0, 0.1) is 0 Å². The van der Waals surface area contributed by atoms with Crippen LogP contribution in [0.3, 0.4) is 0 Å². The van der Waals surface area contributed by atoms with Gasteiger partial charge in [-0.3, -0.25) is 11.3 Å². The predicted octanol–water partition coefficient (Wildman–Crippen LogP) is 2.39. The van der Waals surface area contributed by atoms with Crippen LogP contribution in [0.15, 0.2) is 24.3 Å². The summed E-state index contributed by atoms with van der Waals surface area (Å²) in [6, 6.07) is 8.20. The second-order valence-corrected chi connectivity index (χ2v) is 3.51. The van der Waals surface area contributed by atoms with Crippen molar-refractivity contribution in [1.29, 1.82) is 0 Å². The van der Waals surface area contributed by atoms with Gasteiger partial charge in [-0.1, -0.05) is 32.0 Å². The summed E-state index contributed by atoms with van der Waals surface area (Å²) in [4.78, 5) is 0. The minimum Gasteiger partial charge on any atom is -0.493 e. The Morgan fingerprint density at radius 2 is 2.07 bits per heavy atom. The molecule has 0 bridgehead atoms. The third-order valence-electron chi connectivity index (χ3n) is 2.37. The van der Waals surface area contributed by atoms with Crippen molar-refractivity contribution in [3.8, 4) is 5.75 Å². The van der Waals surface area contributed by atoms with Crippen LogP contribution in [0.1, 0.15) is 38.3 Å². The maximum Gasteiger partial charge on any atom is 0.124 e. The number of rotatable bonds is 6. The van der Waals surface area contributed by atoms with Gasteiger partial charge in [-0.15, -0.1) is 0 Å². The fourth-order valence-corrected chi connectivity index (χ4v) is 1.54. The molecule has 0 heterocycles. The lowest BCUT2D eigenvalue weighted by atomic mass is 10.0. The molecule has 0 amide bonds. The summed E-state index contributed by atoms with van der Waals surface area (Å²) < 4.78 is 5.68. The molecule has 1 unspecified atom stereocenters. The van der Waals surface area contributed by atoms with E-state index in [1.807, 2.05) is 18.2 Å². The smallest absolute Gasteiger partial charge is 0.124 e. The highest BCUT2D eigenvalue weighted by Crippen LogP contribution is 2.26. The van der Waals surface area contributed by atoms with Gasteiger partial charge in [0, 0.05) is 11.6 Å². The maximum absolute atomic E-state index is 5.68. The van der Waals surface area contributed by atoms with E-state index in [9.17, 15) is 0 Å². The first-order chi connectivity index (χ1) is 7.33. The molecule has 0 aliphatic rings. The van der Waals surface area contributed by atoms with Crippen molar-refractivity contribution in [1.82, 2.24) is 5.43 Å². The molecule has 0 saturated carbocycles. The number of ether oxygens (including phenoxy) is 1. The van der Waals surface area contributed by atoms with E-state index < -0.39 is 0 Å². The number of nitrogens with one attached hydrogen (secondary N) is 1. The van der Waals surface area contributed by atoms with Crippen LogP contribution < -0.4 is 16.0 Å². The van der Waals surface area contributed by atoms with Crippen LogP contribution in [0.5, 0.6) is 5.75 Å². The zero-order valence-corrected chi connectivity index (χ0v) is 9.49. The lowest BCUT2D eigenvalue weighted by Gasteiger charge is -2.18. The van der Waals surface area contributed by atoms with E-state index in [1.54, 1.807) is 0 Å². The summed E-state index contributed by atoms with van der Waals surface area (Å²) >= 11 is 0. The van der Waals surface area contributed by atoms with Crippen molar-refractivity contribution in [3.05, 3.63) is 29.8 Å². The van der Waals surface area contributed by atoms with Crippen LogP contribution in [0.25, 0.3) is 0 Å². The van der Waals surface area contributed by atoms with Gasteiger partial charge in [0.2, 0.25) is 0 Å². The average Bonchev–Trinajstić information content (AvgIpc) is 2.29. The van der Waals surface area contributed by atoms with Gasteiger partial charge >= 0.3 is 0 Å². The molecule has 3 nitrogen and oxygen atoms in total. The monoisotopic (exact) mass is 208 g/mol. The van der Waals surface area contributed by atoms with E-state index in [1.165, 1.54) is 0 Å². The van der Waals surface area contributed by atoms with Crippen LogP contribution in [-0.2, 0) is 0 Å². The van der Waals surface area contributed by atoms with E-state index in [0.29, 0.717) is 0 Å². The van der Waals surface area contributed by atoms with E-state index in [2.05, 4.69) is 25.3 Å². The molecule has 3 N–H and O–H groups in total. The van der Waals surface area contributed by atoms with Crippen molar-refractivity contribution < 1.29 is 4.74 Å². The lowest BCUT2D eigenvalue weighted by molar-refractivity contribution is 0.309. The topological polar surface area (TPSA) is 47.3 Å². The minimum atomic E-state index is 0.165. The zero-order chi connectivity index (χ0) is 11.1. The summed E-state index contributed by atoms with van der Waals surface area (Å²) in [7, 11) is 0. The molecule has 84 valence electrons. The number of hydrogen-bond acceptors (Lipinski definition) is 3. The predicted molar refractivity (Wildman–Crippen MR) is 62.6 cm³/mol. The Hall–Kier alpha value is -1.06. The molecule has 0 fully saturated rings. The summed E-state index contributed by atoms with van der Waals surface area (Å²) in [5.74, 6) is 6.44. The molecule has 1 atom stereocenters. The Labute approximate surface area is 91.6 Å². The number of benzene rings is 1. The fourth-order valence-electron chi connectivity index (χ4n) is 1.54. The Morgan fingerprint density at radius 3 is 2.67 bits per heavy atom. The first-order valence-electron chi connectivity index (χ1n) is 5.51. The number of para-hydroxylation sites is 1. The molecule has 3 heteroatoms. The van der Waals surface area contributed by atoms with Crippen molar-refractivity contribution in [2.45, 2.75) is 32.7 Å². The molecule has 0 aromatic heterocycles. The van der Waals surface area contributed by atoms with E-state index >= 15 is 0 Å². The summed E-state index contributed by atoms with van der Waals surface area (Å²) in [6.07, 6.45) is 1.96. The fraction of sp³-hybridized carbons (Fsp3) is 0.500. The summed E-state index contributed by atoms with van der Waals surface area (Å²) in [6.45, 7) is 4.94. The third kappa shape index (κ3) is 3.22. The maximum atomic E-state index is 5.68. The van der Waals surface area contributed by atoms with Crippen molar-refractivity contribution in [3.63, 3.8) is 0 Å². The Bertz CT molecular complexity index is 285. The van der Waals surface area contributed by atoms with Gasteiger partial charge in [0.25, 0.3) is 0 Å². The molecule has 1 rings (SSSR count). The van der Waals surface area contributed by atoms with Crippen LogP contribution in [0.4, 0.5) is 0 Å². The largest absolute Gasteiger partial charge is 0.493 e. The van der Waals surface area contributed by atoms with Gasteiger partial charge < -0.3 is 4.74 Å². The van der Waals surface area contributed by atoms with Gasteiger partial charge in [-0.05, 0) is 18.9 Å². The molecule has 0 radical (unpaired) electrons. The van der Waals surface area contributed by atoms with Gasteiger partial charge in [0.1, 0.15) is 5.75 Å².